The molecule has 0 aliphatic rings. The van der Waals surface area contributed by atoms with Crippen LogP contribution in [-0.4, -0.2) is 35.4 Å². The number of hydrogen-bond acceptors (Lipinski definition) is 8. The zero-order valence-electron chi connectivity index (χ0n) is 14.4. The molecule has 0 unspecified atom stereocenters. The van der Waals surface area contributed by atoms with Gasteiger partial charge in [0.2, 0.25) is 0 Å². The van der Waals surface area contributed by atoms with E-state index >= 15 is 0 Å². The first-order valence-corrected chi connectivity index (χ1v) is 8.48. The second kappa shape index (κ2) is 7.83. The number of nitrogens with zero attached hydrogens (tertiary/aromatic N) is 3. The van der Waals surface area contributed by atoms with E-state index < -0.39 is 6.03 Å². The number of anilines is 1. The van der Waals surface area contributed by atoms with E-state index in [0.29, 0.717) is 23.7 Å². The number of benzene rings is 1. The third-order valence-corrected chi connectivity index (χ3v) is 4.16. The number of nitrogens with one attached hydrogen (secondary N) is 2. The van der Waals surface area contributed by atoms with Crippen LogP contribution in [0.1, 0.15) is 10.6 Å². The summed E-state index contributed by atoms with van der Waals surface area (Å²) in [5.41, 5.74) is 1.43. The highest BCUT2D eigenvalue weighted by Gasteiger charge is 2.13. The molecule has 10 heteroatoms. The van der Waals surface area contributed by atoms with Crippen LogP contribution in [-0.2, 0) is 6.54 Å². The number of amides is 2. The van der Waals surface area contributed by atoms with Gasteiger partial charge >= 0.3 is 12.0 Å². The van der Waals surface area contributed by atoms with Crippen molar-refractivity contribution in [3.63, 3.8) is 0 Å². The molecule has 2 heterocycles. The molecule has 0 aliphatic heterocycles. The number of urea groups is 1. The van der Waals surface area contributed by atoms with Gasteiger partial charge in [-0.2, -0.15) is 0 Å². The lowest BCUT2D eigenvalue weighted by Gasteiger charge is -2.10. The van der Waals surface area contributed by atoms with Crippen LogP contribution in [0.15, 0.2) is 28.0 Å². The average molecular weight is 375 g/mol. The molecule has 0 saturated heterocycles. The summed E-state index contributed by atoms with van der Waals surface area (Å²) in [4.78, 5) is 16.2. The molecule has 2 amide bonds. The fraction of sp³-hybridized carbons (Fsp3) is 0.250. The third-order valence-electron chi connectivity index (χ3n) is 3.38. The number of methoxy groups -OCH3 is 2. The highest BCUT2D eigenvalue weighted by molar-refractivity contribution is 7.09. The summed E-state index contributed by atoms with van der Waals surface area (Å²) >= 11 is 1.48. The predicted molar refractivity (Wildman–Crippen MR) is 95.5 cm³/mol. The van der Waals surface area contributed by atoms with Crippen molar-refractivity contribution in [2.75, 3.05) is 19.5 Å². The van der Waals surface area contributed by atoms with Crippen LogP contribution in [0.25, 0.3) is 11.6 Å². The number of thiazole rings is 1. The van der Waals surface area contributed by atoms with Gasteiger partial charge in [-0.3, -0.25) is 5.32 Å². The average Bonchev–Trinajstić information content (AvgIpc) is 3.28. The van der Waals surface area contributed by atoms with E-state index in [0.717, 1.165) is 10.6 Å². The first-order chi connectivity index (χ1) is 12.6. The summed E-state index contributed by atoms with van der Waals surface area (Å²) in [5.74, 6) is 1.47. The predicted octanol–water partition coefficient (Wildman–Crippen LogP) is 2.84. The lowest BCUT2D eigenvalue weighted by molar-refractivity contribution is 0.251. The largest absolute Gasteiger partial charge is 0.493 e. The minimum absolute atomic E-state index is 0.00420. The van der Waals surface area contributed by atoms with Gasteiger partial charge in [-0.05, 0) is 24.6 Å². The number of ether oxygens (including phenoxy) is 2. The summed E-state index contributed by atoms with van der Waals surface area (Å²) in [5, 5.41) is 15.5. The number of rotatable bonds is 6. The maximum atomic E-state index is 12.0. The molecule has 2 N–H and O–H groups in total. The minimum atomic E-state index is -0.468. The van der Waals surface area contributed by atoms with Crippen LogP contribution >= 0.6 is 11.3 Å². The first kappa shape index (κ1) is 17.7. The monoisotopic (exact) mass is 375 g/mol. The van der Waals surface area contributed by atoms with Gasteiger partial charge in [-0.1, -0.05) is 11.2 Å². The molecule has 26 heavy (non-hydrogen) atoms. The molecule has 2 aromatic heterocycles. The Bertz CT molecular complexity index is 908. The molecular formula is C16H17N5O4S. The summed E-state index contributed by atoms with van der Waals surface area (Å²) in [6.45, 7) is 2.17. The van der Waals surface area contributed by atoms with E-state index in [1.807, 2.05) is 18.4 Å². The highest BCUT2D eigenvalue weighted by atomic mass is 32.1. The molecule has 0 atom stereocenters. The molecule has 9 nitrogen and oxygen atoms in total. The van der Waals surface area contributed by atoms with Gasteiger partial charge in [0.15, 0.2) is 11.5 Å². The van der Waals surface area contributed by atoms with Crippen molar-refractivity contribution in [3.05, 3.63) is 34.2 Å². The quantitative estimate of drug-likeness (QED) is 0.681. The van der Waals surface area contributed by atoms with E-state index in [-0.39, 0.29) is 11.9 Å². The fourth-order valence-corrected chi connectivity index (χ4v) is 2.74. The smallest absolute Gasteiger partial charge is 0.324 e. The topological polar surface area (TPSA) is 111 Å². The third kappa shape index (κ3) is 4.09. The number of carbonyl (C=O) groups excluding carboxylic acids is 1. The molecule has 3 rings (SSSR count). The Labute approximate surface area is 153 Å². The Kier molecular flexibility index (Phi) is 5.32. The molecule has 0 bridgehead atoms. The summed E-state index contributed by atoms with van der Waals surface area (Å²) < 4.78 is 15.8. The molecular weight excluding hydrogens is 358 g/mol. The Morgan fingerprint density at radius 3 is 2.73 bits per heavy atom. The number of aryl methyl sites for hydroxylation is 1. The Balaban J connectivity index is 1.57. The second-order valence-corrected chi connectivity index (χ2v) is 6.22. The van der Waals surface area contributed by atoms with Crippen LogP contribution in [0.2, 0.25) is 0 Å². The van der Waals surface area contributed by atoms with Gasteiger partial charge in [0.1, 0.15) is 5.69 Å². The minimum Gasteiger partial charge on any atom is -0.493 e. The molecule has 1 aromatic carbocycles. The molecule has 136 valence electrons. The summed E-state index contributed by atoms with van der Waals surface area (Å²) in [7, 11) is 3.12. The zero-order chi connectivity index (χ0) is 18.5. The van der Waals surface area contributed by atoms with Crippen molar-refractivity contribution < 1.29 is 18.7 Å². The maximum absolute atomic E-state index is 12.0. The van der Waals surface area contributed by atoms with Gasteiger partial charge in [0, 0.05) is 11.9 Å². The van der Waals surface area contributed by atoms with Crippen LogP contribution < -0.4 is 20.1 Å². The Morgan fingerprint density at radius 2 is 2.04 bits per heavy atom. The molecule has 0 spiro atoms. The van der Waals surface area contributed by atoms with Crippen LogP contribution in [0.4, 0.5) is 10.8 Å². The molecule has 3 aromatic rings. The molecule has 0 radical (unpaired) electrons. The van der Waals surface area contributed by atoms with Crippen molar-refractivity contribution in [1.82, 2.24) is 20.5 Å². The van der Waals surface area contributed by atoms with Crippen LogP contribution in [0.5, 0.6) is 11.5 Å². The standard InChI is InChI=1S/C16H17N5O4S/c1-9-18-11(8-26-9)14-20-21-16(25-14)19-15(22)17-7-10-4-5-12(23-2)13(6-10)24-3/h4-6,8H,7H2,1-3H3,(H2,17,19,21,22). The summed E-state index contributed by atoms with van der Waals surface area (Å²) in [6, 6.07) is 4.92. The van der Waals surface area contributed by atoms with Gasteiger partial charge in [0.05, 0.1) is 19.2 Å². The highest BCUT2D eigenvalue weighted by Crippen LogP contribution is 2.27. The fourth-order valence-electron chi connectivity index (χ4n) is 2.15. The zero-order valence-corrected chi connectivity index (χ0v) is 15.2. The van der Waals surface area contributed by atoms with E-state index in [9.17, 15) is 4.79 Å². The first-order valence-electron chi connectivity index (χ1n) is 7.61. The van der Waals surface area contributed by atoms with Crippen molar-refractivity contribution in [2.45, 2.75) is 13.5 Å². The SMILES string of the molecule is COc1ccc(CNC(=O)Nc2nnc(-c3csc(C)n3)o2)cc1OC. The van der Waals surface area contributed by atoms with E-state index in [1.165, 1.54) is 11.3 Å². The summed E-state index contributed by atoms with van der Waals surface area (Å²) in [6.07, 6.45) is 0. The molecule has 0 fully saturated rings. The molecule has 0 saturated carbocycles. The second-order valence-electron chi connectivity index (χ2n) is 5.16. The van der Waals surface area contributed by atoms with Crippen molar-refractivity contribution in [2.24, 2.45) is 0 Å². The van der Waals surface area contributed by atoms with Gasteiger partial charge in [0.25, 0.3) is 5.89 Å². The van der Waals surface area contributed by atoms with Crippen LogP contribution in [0, 0.1) is 6.92 Å². The van der Waals surface area contributed by atoms with E-state index in [4.69, 9.17) is 13.9 Å². The number of carbonyl (C=O) groups is 1. The Hall–Kier alpha value is -3.14. The normalized spacial score (nSPS) is 10.4. The van der Waals surface area contributed by atoms with Gasteiger partial charge in [-0.15, -0.1) is 16.4 Å². The molecule has 0 aliphatic carbocycles. The van der Waals surface area contributed by atoms with Gasteiger partial charge < -0.3 is 19.2 Å². The lowest BCUT2D eigenvalue weighted by atomic mass is 10.2. The van der Waals surface area contributed by atoms with Crippen LogP contribution in [0.3, 0.4) is 0 Å². The lowest BCUT2D eigenvalue weighted by Crippen LogP contribution is -2.28. The number of hydrogen-bond donors (Lipinski definition) is 2. The van der Waals surface area contributed by atoms with Gasteiger partial charge in [-0.25, -0.2) is 9.78 Å². The van der Waals surface area contributed by atoms with Crippen molar-refractivity contribution >= 4 is 23.4 Å². The maximum Gasteiger partial charge on any atom is 0.324 e. The Morgan fingerprint density at radius 1 is 1.23 bits per heavy atom. The van der Waals surface area contributed by atoms with Crippen molar-refractivity contribution in [3.8, 4) is 23.1 Å². The number of aromatic nitrogens is 3. The van der Waals surface area contributed by atoms with E-state index in [2.05, 4.69) is 25.8 Å². The van der Waals surface area contributed by atoms with Crippen molar-refractivity contribution in [1.29, 1.82) is 0 Å². The van der Waals surface area contributed by atoms with E-state index in [1.54, 1.807) is 26.4 Å².